The molecule has 0 spiro atoms. The van der Waals surface area contributed by atoms with Crippen molar-refractivity contribution in [2.45, 2.75) is 225 Å². The van der Waals surface area contributed by atoms with Crippen molar-refractivity contribution in [3.63, 3.8) is 0 Å². The summed E-state index contributed by atoms with van der Waals surface area (Å²) in [5.74, 6) is -0.0765. The van der Waals surface area contributed by atoms with Crippen LogP contribution < -0.4 is 5.32 Å². The van der Waals surface area contributed by atoms with Crippen LogP contribution in [0.15, 0.2) is 36.5 Å². The standard InChI is InChI=1S/C43H81NO3/c1-3-5-7-9-11-13-15-17-19-21-22-23-25-27-29-31-33-35-37-39-43(47)44-41(40-45)42(46)38-36-34-32-30-28-26-24-20-18-16-14-12-10-8-6-4-2/h17,19,28,30,36,38,41-42,45-46H,3-16,18,20-27,29,31-35,37,39-40H2,1-2H3,(H,44,47)/b19-17+,30-28+,38-36+/t41-,42+/m0/s1. The van der Waals surface area contributed by atoms with Crippen molar-refractivity contribution in [1.82, 2.24) is 5.32 Å². The number of carbonyl (C=O) groups excluding carboxylic acids is 1. The maximum Gasteiger partial charge on any atom is 0.220 e. The van der Waals surface area contributed by atoms with Crippen molar-refractivity contribution in [3.05, 3.63) is 36.5 Å². The Hall–Kier alpha value is -1.39. The maximum absolute atomic E-state index is 12.4. The molecule has 0 saturated carbocycles. The molecule has 0 fully saturated rings. The van der Waals surface area contributed by atoms with E-state index >= 15 is 0 Å². The molecule has 0 unspecified atom stereocenters. The fourth-order valence-electron chi connectivity index (χ4n) is 6.13. The Labute approximate surface area is 293 Å². The fraction of sp³-hybridized carbons (Fsp3) is 0.837. The third kappa shape index (κ3) is 35.7. The first-order valence-electron chi connectivity index (χ1n) is 20.7. The van der Waals surface area contributed by atoms with Crippen LogP contribution in [0.3, 0.4) is 0 Å². The summed E-state index contributed by atoms with van der Waals surface area (Å²) in [6.07, 6.45) is 51.0. The van der Waals surface area contributed by atoms with Crippen molar-refractivity contribution in [2.24, 2.45) is 0 Å². The van der Waals surface area contributed by atoms with Gasteiger partial charge in [0.05, 0.1) is 18.8 Å². The first kappa shape index (κ1) is 45.6. The molecule has 0 heterocycles. The minimum absolute atomic E-state index is 0.0765. The topological polar surface area (TPSA) is 69.6 Å². The predicted molar refractivity (Wildman–Crippen MR) is 207 cm³/mol. The van der Waals surface area contributed by atoms with E-state index in [0.717, 1.165) is 32.1 Å². The molecule has 0 aliphatic carbocycles. The molecule has 0 aromatic rings. The molecular formula is C43H81NO3. The number of unbranched alkanes of at least 4 members (excludes halogenated alkanes) is 26. The van der Waals surface area contributed by atoms with Gasteiger partial charge < -0.3 is 15.5 Å². The lowest BCUT2D eigenvalue weighted by Crippen LogP contribution is -2.45. The van der Waals surface area contributed by atoms with Crippen LogP contribution in [0.25, 0.3) is 0 Å². The van der Waals surface area contributed by atoms with Crippen LogP contribution in [0.4, 0.5) is 0 Å². The number of rotatable bonds is 37. The van der Waals surface area contributed by atoms with E-state index in [-0.39, 0.29) is 12.5 Å². The average Bonchev–Trinajstić information content (AvgIpc) is 3.07. The van der Waals surface area contributed by atoms with E-state index in [1.165, 1.54) is 161 Å². The summed E-state index contributed by atoms with van der Waals surface area (Å²) in [6, 6.07) is -0.638. The van der Waals surface area contributed by atoms with Crippen molar-refractivity contribution >= 4 is 5.91 Å². The molecule has 0 saturated heterocycles. The van der Waals surface area contributed by atoms with Gasteiger partial charge in [-0.05, 0) is 57.8 Å². The Balaban J connectivity index is 3.62. The highest BCUT2D eigenvalue weighted by Crippen LogP contribution is 2.14. The molecule has 4 nitrogen and oxygen atoms in total. The molecular weight excluding hydrogens is 578 g/mol. The summed E-state index contributed by atoms with van der Waals surface area (Å²) in [7, 11) is 0. The number of aliphatic hydroxyl groups is 2. The molecule has 0 radical (unpaired) electrons. The molecule has 0 aromatic carbocycles. The molecule has 0 aromatic heterocycles. The van der Waals surface area contributed by atoms with Crippen LogP contribution >= 0.6 is 0 Å². The van der Waals surface area contributed by atoms with Crippen LogP contribution in [0.2, 0.25) is 0 Å². The van der Waals surface area contributed by atoms with Gasteiger partial charge in [0.25, 0.3) is 0 Å². The Morgan fingerprint density at radius 2 is 0.830 bits per heavy atom. The van der Waals surface area contributed by atoms with Crippen molar-refractivity contribution in [1.29, 1.82) is 0 Å². The van der Waals surface area contributed by atoms with Gasteiger partial charge >= 0.3 is 0 Å². The molecule has 4 heteroatoms. The van der Waals surface area contributed by atoms with Crippen molar-refractivity contribution < 1.29 is 15.0 Å². The van der Waals surface area contributed by atoms with Crippen molar-refractivity contribution in [3.8, 4) is 0 Å². The largest absolute Gasteiger partial charge is 0.394 e. The zero-order valence-electron chi connectivity index (χ0n) is 31.5. The number of allylic oxidation sites excluding steroid dienone is 5. The van der Waals surface area contributed by atoms with Crippen LogP contribution in [0, 0.1) is 0 Å². The van der Waals surface area contributed by atoms with E-state index in [9.17, 15) is 15.0 Å². The molecule has 276 valence electrons. The third-order valence-corrected chi connectivity index (χ3v) is 9.35. The van der Waals surface area contributed by atoms with Gasteiger partial charge in [0.15, 0.2) is 0 Å². The number of hydrogen-bond donors (Lipinski definition) is 3. The molecule has 0 rings (SSSR count). The predicted octanol–water partition coefficient (Wildman–Crippen LogP) is 12.6. The van der Waals surface area contributed by atoms with Gasteiger partial charge in [-0.25, -0.2) is 0 Å². The van der Waals surface area contributed by atoms with E-state index in [1.54, 1.807) is 6.08 Å². The number of amides is 1. The summed E-state index contributed by atoms with van der Waals surface area (Å²) in [6.45, 7) is 4.29. The highest BCUT2D eigenvalue weighted by atomic mass is 16.3. The first-order valence-corrected chi connectivity index (χ1v) is 20.7. The lowest BCUT2D eigenvalue weighted by atomic mass is 10.0. The number of carbonyl (C=O) groups is 1. The van der Waals surface area contributed by atoms with Crippen molar-refractivity contribution in [2.75, 3.05) is 6.61 Å². The molecule has 0 bridgehead atoms. The SMILES string of the molecule is CCCCCCCC/C=C/CCCCCCCCCCCC(=O)N[C@@H](CO)[C@H](O)/C=C/CC/C=C/CCCCCCCCCCCC. The second kappa shape index (κ2) is 39.1. The van der Waals surface area contributed by atoms with Crippen LogP contribution in [-0.4, -0.2) is 34.9 Å². The zero-order valence-corrected chi connectivity index (χ0v) is 31.5. The van der Waals surface area contributed by atoms with Gasteiger partial charge in [0.1, 0.15) is 0 Å². The van der Waals surface area contributed by atoms with Gasteiger partial charge in [-0.2, -0.15) is 0 Å². The van der Waals surface area contributed by atoms with Crippen LogP contribution in [0.5, 0.6) is 0 Å². The van der Waals surface area contributed by atoms with E-state index in [2.05, 4.69) is 43.5 Å². The number of aliphatic hydroxyl groups excluding tert-OH is 2. The summed E-state index contributed by atoms with van der Waals surface area (Å²) >= 11 is 0. The lowest BCUT2D eigenvalue weighted by Gasteiger charge is -2.19. The molecule has 0 aliphatic heterocycles. The first-order chi connectivity index (χ1) is 23.2. The van der Waals surface area contributed by atoms with E-state index in [0.29, 0.717) is 6.42 Å². The summed E-state index contributed by atoms with van der Waals surface area (Å²) in [4.78, 5) is 12.4. The second-order valence-corrected chi connectivity index (χ2v) is 14.0. The third-order valence-electron chi connectivity index (χ3n) is 9.35. The normalized spacial score (nSPS) is 13.4. The summed E-state index contributed by atoms with van der Waals surface area (Å²) in [5.41, 5.74) is 0. The molecule has 47 heavy (non-hydrogen) atoms. The Morgan fingerprint density at radius 1 is 0.489 bits per heavy atom. The van der Waals surface area contributed by atoms with Gasteiger partial charge in [-0.1, -0.05) is 185 Å². The molecule has 3 N–H and O–H groups in total. The molecule has 1 amide bonds. The highest BCUT2D eigenvalue weighted by molar-refractivity contribution is 5.76. The highest BCUT2D eigenvalue weighted by Gasteiger charge is 2.17. The van der Waals surface area contributed by atoms with Gasteiger partial charge in [0.2, 0.25) is 5.91 Å². The van der Waals surface area contributed by atoms with E-state index in [4.69, 9.17) is 0 Å². The van der Waals surface area contributed by atoms with Crippen LogP contribution in [0.1, 0.15) is 213 Å². The minimum Gasteiger partial charge on any atom is -0.394 e. The number of nitrogens with one attached hydrogen (secondary N) is 1. The Kier molecular flexibility index (Phi) is 37.9. The maximum atomic E-state index is 12.4. The Bertz CT molecular complexity index is 716. The average molecular weight is 660 g/mol. The van der Waals surface area contributed by atoms with E-state index < -0.39 is 12.1 Å². The summed E-state index contributed by atoms with van der Waals surface area (Å²) in [5, 5.41) is 22.9. The zero-order chi connectivity index (χ0) is 34.3. The summed E-state index contributed by atoms with van der Waals surface area (Å²) < 4.78 is 0. The monoisotopic (exact) mass is 660 g/mol. The minimum atomic E-state index is -0.860. The van der Waals surface area contributed by atoms with Crippen LogP contribution in [-0.2, 0) is 4.79 Å². The van der Waals surface area contributed by atoms with Gasteiger partial charge in [-0.3, -0.25) is 4.79 Å². The smallest absolute Gasteiger partial charge is 0.220 e. The molecule has 2 atom stereocenters. The van der Waals surface area contributed by atoms with Gasteiger partial charge in [0, 0.05) is 6.42 Å². The Morgan fingerprint density at radius 3 is 1.23 bits per heavy atom. The quantitative estimate of drug-likeness (QED) is 0.0459. The number of hydrogen-bond acceptors (Lipinski definition) is 3. The van der Waals surface area contributed by atoms with E-state index in [1.807, 2.05) is 6.08 Å². The fourth-order valence-corrected chi connectivity index (χ4v) is 6.13. The molecule has 0 aliphatic rings. The lowest BCUT2D eigenvalue weighted by molar-refractivity contribution is -0.123. The van der Waals surface area contributed by atoms with Gasteiger partial charge in [-0.15, -0.1) is 0 Å². The second-order valence-electron chi connectivity index (χ2n) is 14.0.